The van der Waals surface area contributed by atoms with Crippen molar-refractivity contribution in [2.75, 3.05) is 0 Å². The molecule has 0 nitrogen and oxygen atoms in total. The van der Waals surface area contributed by atoms with Crippen molar-refractivity contribution >= 4 is 21.4 Å². The molecule has 0 aliphatic heterocycles. The molecule has 1 aromatic carbocycles. The van der Waals surface area contributed by atoms with Gasteiger partial charge in [0.05, 0.1) is 0 Å². The first kappa shape index (κ1) is 16.5. The van der Waals surface area contributed by atoms with E-state index in [1.54, 1.807) is 10.4 Å². The third kappa shape index (κ3) is 3.04. The summed E-state index contributed by atoms with van der Waals surface area (Å²) in [5.41, 5.74) is 3.58. The van der Waals surface area contributed by atoms with Crippen LogP contribution >= 0.6 is 11.3 Å². The van der Waals surface area contributed by atoms with Crippen molar-refractivity contribution in [3.8, 4) is 0 Å². The first-order chi connectivity index (χ1) is 9.33. The van der Waals surface area contributed by atoms with Crippen LogP contribution in [0.1, 0.15) is 78.3 Å². The molecule has 1 heterocycles. The SMILES string of the molecule is CC(C)(C)c1sc2cccc(C(C)(C)C)c2c1C(C)(C)C. The van der Waals surface area contributed by atoms with Crippen LogP contribution in [0.5, 0.6) is 0 Å². The Balaban J connectivity index is 2.98. The van der Waals surface area contributed by atoms with E-state index in [9.17, 15) is 0 Å². The summed E-state index contributed by atoms with van der Waals surface area (Å²) in [6.45, 7) is 21.0. The zero-order valence-electron chi connectivity index (χ0n) is 15.1. The lowest BCUT2D eigenvalue weighted by atomic mass is 9.75. The Kier molecular flexibility index (Phi) is 3.82. The quantitative estimate of drug-likeness (QED) is 0.502. The van der Waals surface area contributed by atoms with Crippen LogP contribution in [0.15, 0.2) is 18.2 Å². The first-order valence-electron chi connectivity index (χ1n) is 7.90. The Morgan fingerprint density at radius 2 is 1.29 bits per heavy atom. The van der Waals surface area contributed by atoms with Crippen molar-refractivity contribution in [1.82, 2.24) is 0 Å². The summed E-state index contributed by atoms with van der Waals surface area (Å²) in [7, 11) is 0. The molecule has 0 atom stereocenters. The largest absolute Gasteiger partial charge is 0.139 e. The van der Waals surface area contributed by atoms with Crippen molar-refractivity contribution in [2.24, 2.45) is 0 Å². The summed E-state index contributed by atoms with van der Waals surface area (Å²) in [4.78, 5) is 1.54. The fourth-order valence-corrected chi connectivity index (χ4v) is 4.51. The van der Waals surface area contributed by atoms with Crippen LogP contribution < -0.4 is 0 Å². The minimum atomic E-state index is 0.169. The molecule has 0 saturated carbocycles. The highest BCUT2D eigenvalue weighted by Gasteiger charge is 2.32. The number of rotatable bonds is 0. The van der Waals surface area contributed by atoms with Gasteiger partial charge in [-0.1, -0.05) is 74.4 Å². The smallest absolute Gasteiger partial charge is 0.0351 e. The van der Waals surface area contributed by atoms with Gasteiger partial charge in [0.15, 0.2) is 0 Å². The van der Waals surface area contributed by atoms with E-state index in [2.05, 4.69) is 80.5 Å². The van der Waals surface area contributed by atoms with Crippen LogP contribution in [0.3, 0.4) is 0 Å². The number of hydrogen-bond acceptors (Lipinski definition) is 1. The molecule has 0 bridgehead atoms. The molecule has 0 unspecified atom stereocenters. The van der Waals surface area contributed by atoms with Crippen molar-refractivity contribution < 1.29 is 0 Å². The fraction of sp³-hybridized carbons (Fsp3) is 0.600. The van der Waals surface area contributed by atoms with Crippen LogP contribution in [0.25, 0.3) is 10.1 Å². The van der Waals surface area contributed by atoms with Gasteiger partial charge in [0.25, 0.3) is 0 Å². The van der Waals surface area contributed by atoms with E-state index in [1.807, 2.05) is 11.3 Å². The molecule has 0 radical (unpaired) electrons. The highest BCUT2D eigenvalue weighted by molar-refractivity contribution is 7.19. The maximum Gasteiger partial charge on any atom is 0.0351 e. The van der Waals surface area contributed by atoms with Crippen molar-refractivity contribution in [1.29, 1.82) is 0 Å². The second-order valence-electron chi connectivity index (χ2n) is 9.23. The number of benzene rings is 1. The van der Waals surface area contributed by atoms with E-state index in [1.165, 1.54) is 15.6 Å². The predicted molar refractivity (Wildman–Crippen MR) is 97.9 cm³/mol. The molecule has 0 N–H and O–H groups in total. The Bertz CT molecular complexity index is 652. The molecule has 2 rings (SSSR count). The molecule has 0 aliphatic rings. The van der Waals surface area contributed by atoms with E-state index < -0.39 is 0 Å². The van der Waals surface area contributed by atoms with Crippen LogP contribution in [-0.4, -0.2) is 0 Å². The molecule has 0 aliphatic carbocycles. The summed E-state index contributed by atoms with van der Waals surface area (Å²) in [6.07, 6.45) is 0. The standard InChI is InChI=1S/C20H30S/c1-18(2,3)13-11-10-12-14-15(13)16(19(4,5)6)17(21-14)20(7,8)9/h10-12H,1-9H3. The van der Waals surface area contributed by atoms with Gasteiger partial charge in [0.2, 0.25) is 0 Å². The van der Waals surface area contributed by atoms with Crippen LogP contribution in [0.4, 0.5) is 0 Å². The van der Waals surface area contributed by atoms with Crippen molar-refractivity contribution in [3.05, 3.63) is 34.2 Å². The second kappa shape index (κ2) is 4.84. The highest BCUT2D eigenvalue weighted by atomic mass is 32.1. The van der Waals surface area contributed by atoms with Gasteiger partial charge in [0, 0.05) is 15.0 Å². The molecule has 2 aromatic rings. The van der Waals surface area contributed by atoms with Gasteiger partial charge in [-0.3, -0.25) is 0 Å². The van der Waals surface area contributed by atoms with Crippen molar-refractivity contribution in [3.63, 3.8) is 0 Å². The lowest BCUT2D eigenvalue weighted by Gasteiger charge is -2.29. The van der Waals surface area contributed by atoms with E-state index in [-0.39, 0.29) is 16.2 Å². The van der Waals surface area contributed by atoms with E-state index >= 15 is 0 Å². The van der Waals surface area contributed by atoms with Crippen LogP contribution in [0.2, 0.25) is 0 Å². The van der Waals surface area contributed by atoms with E-state index in [0.29, 0.717) is 0 Å². The first-order valence-corrected chi connectivity index (χ1v) is 8.72. The van der Waals surface area contributed by atoms with Gasteiger partial charge in [0.1, 0.15) is 0 Å². The third-order valence-corrected chi connectivity index (χ3v) is 5.54. The minimum absolute atomic E-state index is 0.169. The number of thiophene rings is 1. The number of hydrogen-bond donors (Lipinski definition) is 0. The van der Waals surface area contributed by atoms with Gasteiger partial charge < -0.3 is 0 Å². The van der Waals surface area contributed by atoms with E-state index in [4.69, 9.17) is 0 Å². The molecule has 1 heteroatoms. The van der Waals surface area contributed by atoms with Crippen molar-refractivity contribution in [2.45, 2.75) is 78.6 Å². The van der Waals surface area contributed by atoms with Crippen LogP contribution in [-0.2, 0) is 16.2 Å². The maximum absolute atomic E-state index is 2.35. The lowest BCUT2D eigenvalue weighted by molar-refractivity contribution is 0.542. The van der Waals surface area contributed by atoms with Gasteiger partial charge in [-0.25, -0.2) is 0 Å². The molecule has 0 saturated heterocycles. The Hall–Kier alpha value is -0.820. The Morgan fingerprint density at radius 3 is 1.71 bits per heavy atom. The maximum atomic E-state index is 2.35. The predicted octanol–water partition coefficient (Wildman–Crippen LogP) is 6.79. The monoisotopic (exact) mass is 302 g/mol. The summed E-state index contributed by atoms with van der Waals surface area (Å²) >= 11 is 1.99. The normalized spacial score (nSPS) is 14.0. The zero-order valence-corrected chi connectivity index (χ0v) is 16.0. The molecule has 0 amide bonds. The fourth-order valence-electron chi connectivity index (χ4n) is 3.02. The minimum Gasteiger partial charge on any atom is -0.139 e. The van der Waals surface area contributed by atoms with E-state index in [0.717, 1.165) is 0 Å². The molecule has 0 spiro atoms. The van der Waals surface area contributed by atoms with Gasteiger partial charge >= 0.3 is 0 Å². The molecule has 116 valence electrons. The van der Waals surface area contributed by atoms with Gasteiger partial charge in [-0.05, 0) is 33.4 Å². The average molecular weight is 303 g/mol. The van der Waals surface area contributed by atoms with Crippen LogP contribution in [0, 0.1) is 0 Å². The molecular formula is C20H30S. The Labute approximate surface area is 134 Å². The Morgan fingerprint density at radius 1 is 0.714 bits per heavy atom. The second-order valence-corrected chi connectivity index (χ2v) is 10.3. The summed E-state index contributed by atoms with van der Waals surface area (Å²) < 4.78 is 1.44. The zero-order chi connectivity index (χ0) is 16.2. The average Bonchev–Trinajstić information content (AvgIpc) is 2.65. The molecular weight excluding hydrogens is 272 g/mol. The molecule has 21 heavy (non-hydrogen) atoms. The summed E-state index contributed by atoms with van der Waals surface area (Å²) in [5, 5.41) is 1.51. The lowest BCUT2D eigenvalue weighted by Crippen LogP contribution is -2.21. The number of fused-ring (bicyclic) bond motifs is 1. The summed E-state index contributed by atoms with van der Waals surface area (Å²) in [5.74, 6) is 0. The molecule has 0 fully saturated rings. The third-order valence-electron chi connectivity index (χ3n) is 3.95. The highest BCUT2D eigenvalue weighted by Crippen LogP contribution is 2.47. The van der Waals surface area contributed by atoms with Gasteiger partial charge in [-0.2, -0.15) is 0 Å². The van der Waals surface area contributed by atoms with Gasteiger partial charge in [-0.15, -0.1) is 11.3 Å². The summed E-state index contributed by atoms with van der Waals surface area (Å²) in [6, 6.07) is 6.83. The topological polar surface area (TPSA) is 0 Å². The molecule has 1 aromatic heterocycles.